The molecule has 4 saturated carbocycles. The van der Waals surface area contributed by atoms with E-state index in [-0.39, 0.29) is 30.1 Å². The standard InChI is InChI=1S/C38H64O18/c1-18-15-37-11-5-22-35(2,9-4-10-36(22,3)34(52)55-31(50)27(47)24(44)19(42)7-13-39)23(37)6-12-38(18,17-37)56-32(51)29(49)30(20(43)8-14-40)54-33-28(48)26(46)25(45)21(16-41)53-33/h19-33,39-51H,1,4-17H2,2-3H3/t19?,20?,21?,22?,23-,24?,25-,26?,27?,28?,29?,30?,31?,32?,33?,35+,36+,37?,38?/m0/s1. The second-order valence-electron chi connectivity index (χ2n) is 17.5. The number of esters is 1. The molecule has 15 unspecified atom stereocenters. The van der Waals surface area contributed by atoms with Gasteiger partial charge in [-0.25, -0.2) is 0 Å². The lowest BCUT2D eigenvalue weighted by atomic mass is 9.41. The first-order chi connectivity index (χ1) is 26.3. The molecule has 18 nitrogen and oxygen atoms in total. The molecule has 5 rings (SSSR count). The van der Waals surface area contributed by atoms with Crippen LogP contribution in [0, 0.1) is 28.1 Å². The van der Waals surface area contributed by atoms with Gasteiger partial charge in [0.25, 0.3) is 0 Å². The number of aliphatic hydroxyl groups excluding tert-OH is 13. The van der Waals surface area contributed by atoms with Gasteiger partial charge in [-0.05, 0) is 99.4 Å². The maximum absolute atomic E-state index is 13.8. The molecular formula is C38H64O18. The van der Waals surface area contributed by atoms with Gasteiger partial charge in [-0.15, -0.1) is 0 Å². The summed E-state index contributed by atoms with van der Waals surface area (Å²) in [5.41, 5.74) is -2.19. The zero-order valence-corrected chi connectivity index (χ0v) is 32.1. The van der Waals surface area contributed by atoms with Crippen LogP contribution in [0.1, 0.15) is 84.5 Å². The smallest absolute Gasteiger partial charge is 0.314 e. The maximum atomic E-state index is 13.8. The minimum atomic E-state index is -2.12. The molecule has 5 aliphatic rings. The molecule has 1 aliphatic heterocycles. The van der Waals surface area contributed by atoms with E-state index in [1.165, 1.54) is 0 Å². The average Bonchev–Trinajstić information content (AvgIpc) is 3.35. The van der Waals surface area contributed by atoms with Crippen LogP contribution in [0.15, 0.2) is 12.2 Å². The number of aliphatic hydroxyl groups is 13. The highest BCUT2D eigenvalue weighted by Gasteiger charge is 2.69. The first-order valence-electron chi connectivity index (χ1n) is 19.8. The maximum Gasteiger partial charge on any atom is 0.314 e. The van der Waals surface area contributed by atoms with E-state index in [1.807, 2.05) is 0 Å². The predicted molar refractivity (Wildman–Crippen MR) is 190 cm³/mol. The van der Waals surface area contributed by atoms with Crippen LogP contribution in [0.3, 0.4) is 0 Å². The zero-order chi connectivity index (χ0) is 41.5. The summed E-state index contributed by atoms with van der Waals surface area (Å²) in [4.78, 5) is 13.8. The molecule has 5 fully saturated rings. The van der Waals surface area contributed by atoms with Crippen molar-refractivity contribution < 1.29 is 90.1 Å². The van der Waals surface area contributed by atoms with E-state index in [4.69, 9.17) is 24.1 Å². The summed E-state index contributed by atoms with van der Waals surface area (Å²) < 4.78 is 22.7. The van der Waals surface area contributed by atoms with Gasteiger partial charge in [0.1, 0.15) is 48.8 Å². The summed E-state index contributed by atoms with van der Waals surface area (Å²) in [6, 6.07) is 0. The Morgan fingerprint density at radius 1 is 0.804 bits per heavy atom. The fourth-order valence-electron chi connectivity index (χ4n) is 11.3. The molecule has 1 heterocycles. The average molecular weight is 809 g/mol. The third-order valence-corrected chi connectivity index (χ3v) is 14.2. The molecule has 0 aromatic heterocycles. The van der Waals surface area contributed by atoms with Crippen LogP contribution in [-0.4, -0.2) is 178 Å². The second kappa shape index (κ2) is 17.7. The number of rotatable bonds is 17. The number of carbonyl (C=O) groups is 1. The highest BCUT2D eigenvalue weighted by molar-refractivity contribution is 5.77. The molecule has 18 heteroatoms. The van der Waals surface area contributed by atoms with Gasteiger partial charge in [0.05, 0.1) is 29.8 Å². The van der Waals surface area contributed by atoms with Crippen LogP contribution in [0.2, 0.25) is 0 Å². The second-order valence-corrected chi connectivity index (χ2v) is 17.5. The van der Waals surface area contributed by atoms with E-state index < -0.39 is 122 Å². The lowest BCUT2D eigenvalue weighted by molar-refractivity contribution is -0.336. The Bertz CT molecular complexity index is 1350. The largest absolute Gasteiger partial charge is 0.433 e. The van der Waals surface area contributed by atoms with Crippen LogP contribution in [-0.2, 0) is 23.7 Å². The first-order valence-corrected chi connectivity index (χ1v) is 19.8. The fourth-order valence-corrected chi connectivity index (χ4v) is 11.3. The van der Waals surface area contributed by atoms with Crippen LogP contribution >= 0.6 is 0 Å². The molecule has 56 heavy (non-hydrogen) atoms. The number of carbonyl (C=O) groups excluding carboxylic acids is 1. The third-order valence-electron chi connectivity index (χ3n) is 14.2. The van der Waals surface area contributed by atoms with Crippen molar-refractivity contribution in [3.8, 4) is 0 Å². The SMILES string of the molecule is C=C1CC23CCC4[C@](C)(C(=O)OC(O)C(O)C(O)C(O)CCO)CCC[C@@]4(C)[C@@H]2CCC1(OC(O)C(O)C(OC1OC(CO)[C@H](O)C(O)C1O)C(O)CCO)C3. The van der Waals surface area contributed by atoms with Gasteiger partial charge in [0.15, 0.2) is 12.6 Å². The van der Waals surface area contributed by atoms with E-state index in [0.717, 1.165) is 6.42 Å². The van der Waals surface area contributed by atoms with Crippen molar-refractivity contribution in [1.29, 1.82) is 0 Å². The molecule has 0 radical (unpaired) electrons. The molecule has 0 aromatic rings. The quantitative estimate of drug-likeness (QED) is 0.0396. The van der Waals surface area contributed by atoms with Gasteiger partial charge in [0, 0.05) is 13.2 Å². The molecular weight excluding hydrogens is 744 g/mol. The van der Waals surface area contributed by atoms with Crippen LogP contribution < -0.4 is 0 Å². The van der Waals surface area contributed by atoms with Crippen LogP contribution in [0.25, 0.3) is 0 Å². The monoisotopic (exact) mass is 808 g/mol. The van der Waals surface area contributed by atoms with Gasteiger partial charge in [0.2, 0.25) is 6.29 Å². The fraction of sp³-hybridized carbons (Fsp3) is 0.921. The summed E-state index contributed by atoms with van der Waals surface area (Å²) in [6.45, 7) is 6.54. The third kappa shape index (κ3) is 8.20. The van der Waals surface area contributed by atoms with Gasteiger partial charge in [-0.1, -0.05) is 19.9 Å². The molecule has 2 bridgehead atoms. The normalized spacial score (nSPS) is 42.7. The number of hydrogen-bond donors (Lipinski definition) is 13. The number of fused-ring (bicyclic) bond motifs is 3. The number of ether oxygens (including phenoxy) is 4. The highest BCUT2D eigenvalue weighted by atomic mass is 16.7. The van der Waals surface area contributed by atoms with E-state index >= 15 is 0 Å². The summed E-state index contributed by atoms with van der Waals surface area (Å²) in [7, 11) is 0. The Balaban J connectivity index is 1.30. The van der Waals surface area contributed by atoms with E-state index in [1.54, 1.807) is 6.92 Å². The Hall–Kier alpha value is -1.43. The van der Waals surface area contributed by atoms with Crippen LogP contribution in [0.5, 0.6) is 0 Å². The van der Waals surface area contributed by atoms with Crippen molar-refractivity contribution >= 4 is 5.97 Å². The van der Waals surface area contributed by atoms with Crippen molar-refractivity contribution in [1.82, 2.24) is 0 Å². The van der Waals surface area contributed by atoms with Gasteiger partial charge in [-0.2, -0.15) is 0 Å². The van der Waals surface area contributed by atoms with Crippen molar-refractivity contribution in [3.05, 3.63) is 12.2 Å². The van der Waals surface area contributed by atoms with Gasteiger partial charge >= 0.3 is 5.97 Å². The topological polar surface area (TPSA) is 317 Å². The Morgan fingerprint density at radius 3 is 2.09 bits per heavy atom. The molecule has 1 saturated heterocycles. The summed E-state index contributed by atoms with van der Waals surface area (Å²) in [6.07, 6.45) is -18.8. The van der Waals surface area contributed by atoms with Crippen molar-refractivity contribution in [2.75, 3.05) is 19.8 Å². The lowest BCUT2D eigenvalue weighted by Gasteiger charge is -2.64. The molecule has 0 amide bonds. The number of hydrogen-bond acceptors (Lipinski definition) is 18. The molecule has 4 aliphatic carbocycles. The predicted octanol–water partition coefficient (Wildman–Crippen LogP) is -2.97. The van der Waals surface area contributed by atoms with E-state index in [0.29, 0.717) is 56.9 Å². The molecule has 1 spiro atoms. The Labute approximate surface area is 325 Å². The lowest BCUT2D eigenvalue weighted by Crippen LogP contribution is -2.62. The summed E-state index contributed by atoms with van der Waals surface area (Å²) in [5, 5.41) is 134. The molecule has 324 valence electrons. The van der Waals surface area contributed by atoms with Crippen molar-refractivity contribution in [3.63, 3.8) is 0 Å². The van der Waals surface area contributed by atoms with E-state index in [9.17, 15) is 66.1 Å². The van der Waals surface area contributed by atoms with Crippen LogP contribution in [0.4, 0.5) is 0 Å². The van der Waals surface area contributed by atoms with E-state index in [2.05, 4.69) is 13.5 Å². The summed E-state index contributed by atoms with van der Waals surface area (Å²) in [5.74, 6) is -0.854. The zero-order valence-electron chi connectivity index (χ0n) is 32.1. The van der Waals surface area contributed by atoms with Gasteiger partial charge < -0.3 is 85.3 Å². The van der Waals surface area contributed by atoms with Crippen molar-refractivity contribution in [2.24, 2.45) is 28.1 Å². The molecule has 13 N–H and O–H groups in total. The minimum absolute atomic E-state index is 0.0684. The van der Waals surface area contributed by atoms with Crippen molar-refractivity contribution in [2.45, 2.75) is 170 Å². The Morgan fingerprint density at radius 2 is 1.45 bits per heavy atom. The minimum Gasteiger partial charge on any atom is -0.433 e. The Kier molecular flexibility index (Phi) is 14.4. The van der Waals surface area contributed by atoms with Gasteiger partial charge in [-0.3, -0.25) is 4.79 Å². The highest BCUT2D eigenvalue weighted by Crippen LogP contribution is 2.73. The molecule has 0 aromatic carbocycles. The first kappa shape index (κ1) is 45.7. The molecule has 19 atom stereocenters. The summed E-state index contributed by atoms with van der Waals surface area (Å²) >= 11 is 0.